The van der Waals surface area contributed by atoms with Crippen LogP contribution in [0.5, 0.6) is 0 Å². The van der Waals surface area contributed by atoms with Crippen molar-refractivity contribution in [1.29, 1.82) is 0 Å². The SMILES string of the molecule is CC(C)c1cc(-c2ccccc2)cc(C(C)C)c1-n1c(-c2cccc3c2oc2nc4c(cc23)oc2ccccc24)nc2ccccc21. The van der Waals surface area contributed by atoms with Crippen molar-refractivity contribution in [3.8, 4) is 28.2 Å². The van der Waals surface area contributed by atoms with Gasteiger partial charge in [-0.2, -0.15) is 0 Å². The molecule has 0 aliphatic heterocycles. The molecule has 4 aromatic heterocycles. The van der Waals surface area contributed by atoms with Crippen LogP contribution in [0, 0.1) is 0 Å². The van der Waals surface area contributed by atoms with Gasteiger partial charge < -0.3 is 8.83 Å². The summed E-state index contributed by atoms with van der Waals surface area (Å²) < 4.78 is 15.2. The van der Waals surface area contributed by atoms with E-state index in [1.807, 2.05) is 24.3 Å². The number of para-hydroxylation sites is 4. The molecule has 0 unspecified atom stereocenters. The molecule has 5 aromatic carbocycles. The second-order valence-corrected chi connectivity index (χ2v) is 13.0. The molecule has 47 heavy (non-hydrogen) atoms. The van der Waals surface area contributed by atoms with Gasteiger partial charge in [-0.25, -0.2) is 9.97 Å². The van der Waals surface area contributed by atoms with Gasteiger partial charge in [0.1, 0.15) is 22.5 Å². The van der Waals surface area contributed by atoms with E-state index in [2.05, 4.69) is 123 Å². The van der Waals surface area contributed by atoms with Crippen LogP contribution in [0.15, 0.2) is 124 Å². The van der Waals surface area contributed by atoms with Gasteiger partial charge in [-0.3, -0.25) is 4.57 Å². The Morgan fingerprint density at radius 3 is 2.06 bits per heavy atom. The number of pyridine rings is 1. The highest BCUT2D eigenvalue weighted by atomic mass is 16.3. The van der Waals surface area contributed by atoms with Crippen LogP contribution >= 0.6 is 0 Å². The second-order valence-electron chi connectivity index (χ2n) is 13.0. The molecular weight excluding hydrogens is 578 g/mol. The summed E-state index contributed by atoms with van der Waals surface area (Å²) in [4.78, 5) is 10.3. The standard InChI is InChI=1S/C42H33N3O2/c1-24(2)31-21-27(26-13-6-5-7-14-26)22-32(25(3)4)39(31)45-35-19-10-9-18-34(35)43-41(45)30-17-12-16-28-33-23-37-38(44-42(33)47-40(28)30)29-15-8-11-20-36(29)46-37/h5-25H,1-4H3. The molecule has 0 spiro atoms. The van der Waals surface area contributed by atoms with E-state index in [0.717, 1.165) is 60.8 Å². The fraction of sp³-hybridized carbons (Fsp3) is 0.143. The van der Waals surface area contributed by atoms with Crippen molar-refractivity contribution in [2.75, 3.05) is 0 Å². The minimum absolute atomic E-state index is 0.275. The molecular formula is C42H33N3O2. The normalized spacial score (nSPS) is 12.2. The predicted octanol–water partition coefficient (Wildman–Crippen LogP) is 11.8. The number of nitrogens with zero attached hydrogens (tertiary/aromatic N) is 3. The third-order valence-corrected chi connectivity index (χ3v) is 9.36. The van der Waals surface area contributed by atoms with Crippen LogP contribution < -0.4 is 0 Å². The van der Waals surface area contributed by atoms with Crippen molar-refractivity contribution in [2.24, 2.45) is 0 Å². The summed E-state index contributed by atoms with van der Waals surface area (Å²) in [5.74, 6) is 1.40. The molecule has 228 valence electrons. The summed E-state index contributed by atoms with van der Waals surface area (Å²) in [5, 5.41) is 2.89. The lowest BCUT2D eigenvalue weighted by Gasteiger charge is -2.24. The number of furan rings is 2. The summed E-state index contributed by atoms with van der Waals surface area (Å²) in [6.07, 6.45) is 0. The first-order valence-corrected chi connectivity index (χ1v) is 16.3. The number of aromatic nitrogens is 3. The van der Waals surface area contributed by atoms with Crippen molar-refractivity contribution in [2.45, 2.75) is 39.5 Å². The third kappa shape index (κ3) is 4.23. The van der Waals surface area contributed by atoms with Crippen LogP contribution in [0.25, 0.3) is 83.4 Å². The van der Waals surface area contributed by atoms with Crippen molar-refractivity contribution in [1.82, 2.24) is 14.5 Å². The second kappa shape index (κ2) is 10.4. The van der Waals surface area contributed by atoms with Crippen LogP contribution in [-0.4, -0.2) is 14.5 Å². The molecule has 0 bridgehead atoms. The van der Waals surface area contributed by atoms with Crippen molar-refractivity contribution in [3.63, 3.8) is 0 Å². The zero-order valence-electron chi connectivity index (χ0n) is 26.8. The molecule has 0 N–H and O–H groups in total. The Balaban J connectivity index is 1.35. The number of hydrogen-bond donors (Lipinski definition) is 0. The molecule has 0 atom stereocenters. The molecule has 0 fully saturated rings. The Bertz CT molecular complexity index is 2610. The lowest BCUT2D eigenvalue weighted by atomic mass is 9.88. The fourth-order valence-electron chi connectivity index (χ4n) is 7.07. The van der Waals surface area contributed by atoms with Crippen LogP contribution in [0.1, 0.15) is 50.7 Å². The summed E-state index contributed by atoms with van der Waals surface area (Å²) >= 11 is 0. The van der Waals surface area contributed by atoms with Gasteiger partial charge >= 0.3 is 0 Å². The van der Waals surface area contributed by atoms with E-state index in [0.29, 0.717) is 5.71 Å². The Kier molecular flexibility index (Phi) is 6.13. The minimum Gasteiger partial charge on any atom is -0.454 e. The average molecular weight is 612 g/mol. The van der Waals surface area contributed by atoms with Gasteiger partial charge in [0.15, 0.2) is 5.58 Å². The molecule has 9 rings (SSSR count). The van der Waals surface area contributed by atoms with E-state index in [-0.39, 0.29) is 11.8 Å². The first-order chi connectivity index (χ1) is 23.0. The largest absolute Gasteiger partial charge is 0.454 e. The number of rotatable bonds is 5. The van der Waals surface area contributed by atoms with E-state index < -0.39 is 0 Å². The maximum absolute atomic E-state index is 6.68. The third-order valence-electron chi connectivity index (χ3n) is 9.36. The van der Waals surface area contributed by atoms with Crippen LogP contribution in [0.3, 0.4) is 0 Å². The number of hydrogen-bond acceptors (Lipinski definition) is 4. The maximum atomic E-state index is 6.68. The van der Waals surface area contributed by atoms with E-state index in [1.165, 1.54) is 27.9 Å². The Hall–Kier alpha value is -5.68. The average Bonchev–Trinajstić information content (AvgIpc) is 3.77. The van der Waals surface area contributed by atoms with Crippen LogP contribution in [0.4, 0.5) is 0 Å². The van der Waals surface area contributed by atoms with E-state index in [9.17, 15) is 0 Å². The molecule has 4 heterocycles. The van der Waals surface area contributed by atoms with E-state index >= 15 is 0 Å². The lowest BCUT2D eigenvalue weighted by Crippen LogP contribution is -2.09. The fourth-order valence-corrected chi connectivity index (χ4v) is 7.07. The molecule has 0 aliphatic rings. The van der Waals surface area contributed by atoms with E-state index in [1.54, 1.807) is 0 Å². The van der Waals surface area contributed by atoms with Crippen LogP contribution in [-0.2, 0) is 0 Å². The Labute approximate surface area is 272 Å². The van der Waals surface area contributed by atoms with Gasteiger partial charge in [0.05, 0.1) is 27.7 Å². The number of fused-ring (bicyclic) bond motifs is 7. The Morgan fingerprint density at radius 1 is 0.574 bits per heavy atom. The van der Waals surface area contributed by atoms with Gasteiger partial charge in [0.2, 0.25) is 5.71 Å². The van der Waals surface area contributed by atoms with Crippen LogP contribution in [0.2, 0.25) is 0 Å². The number of imidazole rings is 1. The molecule has 9 aromatic rings. The van der Waals surface area contributed by atoms with E-state index in [4.69, 9.17) is 18.8 Å². The topological polar surface area (TPSA) is 57.0 Å². The highest BCUT2D eigenvalue weighted by Crippen LogP contribution is 2.43. The highest BCUT2D eigenvalue weighted by Gasteiger charge is 2.26. The number of benzene rings is 5. The summed E-state index contributed by atoms with van der Waals surface area (Å²) in [6, 6.07) is 40.2. The maximum Gasteiger partial charge on any atom is 0.228 e. The van der Waals surface area contributed by atoms with Gasteiger partial charge in [0.25, 0.3) is 0 Å². The zero-order valence-corrected chi connectivity index (χ0v) is 26.8. The molecule has 0 radical (unpaired) electrons. The monoisotopic (exact) mass is 611 g/mol. The quantitative estimate of drug-likeness (QED) is 0.194. The van der Waals surface area contributed by atoms with Gasteiger partial charge in [0, 0.05) is 10.8 Å². The lowest BCUT2D eigenvalue weighted by molar-refractivity contribution is 0.652. The van der Waals surface area contributed by atoms with Gasteiger partial charge in [-0.1, -0.05) is 94.4 Å². The smallest absolute Gasteiger partial charge is 0.228 e. The first-order valence-electron chi connectivity index (χ1n) is 16.3. The molecule has 0 saturated carbocycles. The van der Waals surface area contributed by atoms with Crippen molar-refractivity contribution < 1.29 is 8.83 Å². The molecule has 0 saturated heterocycles. The predicted molar refractivity (Wildman–Crippen MR) is 192 cm³/mol. The van der Waals surface area contributed by atoms with Crippen molar-refractivity contribution in [3.05, 3.63) is 126 Å². The summed E-state index contributed by atoms with van der Waals surface area (Å²) in [6.45, 7) is 9.12. The summed E-state index contributed by atoms with van der Waals surface area (Å²) in [5.41, 5.74) is 12.9. The zero-order chi connectivity index (χ0) is 31.8. The van der Waals surface area contributed by atoms with Gasteiger partial charge in [-0.15, -0.1) is 0 Å². The van der Waals surface area contributed by atoms with Crippen molar-refractivity contribution >= 4 is 55.2 Å². The molecule has 0 aliphatic carbocycles. The molecule has 0 amide bonds. The van der Waals surface area contributed by atoms with Gasteiger partial charge in [-0.05, 0) is 82.6 Å². The molecule has 5 heteroatoms. The molecule has 5 nitrogen and oxygen atoms in total. The summed E-state index contributed by atoms with van der Waals surface area (Å²) in [7, 11) is 0. The minimum atomic E-state index is 0.275. The first kappa shape index (κ1) is 27.6. The highest BCUT2D eigenvalue weighted by molar-refractivity contribution is 6.13. The Morgan fingerprint density at radius 2 is 1.28 bits per heavy atom.